The van der Waals surface area contributed by atoms with E-state index in [1.807, 2.05) is 0 Å². The van der Waals surface area contributed by atoms with E-state index in [0.29, 0.717) is 35.8 Å². The number of anilines is 1. The number of hydrogen-bond acceptors (Lipinski definition) is 7. The summed E-state index contributed by atoms with van der Waals surface area (Å²) in [6.07, 6.45) is 7.89. The number of hydrogen-bond donors (Lipinski definition) is 2. The molecule has 2 N–H and O–H groups in total. The zero-order chi connectivity index (χ0) is 24.4. The molecule has 1 aliphatic carbocycles. The van der Waals surface area contributed by atoms with E-state index in [1.165, 1.54) is 31.4 Å². The first-order chi connectivity index (χ1) is 17.0. The van der Waals surface area contributed by atoms with Crippen LogP contribution in [0.3, 0.4) is 0 Å². The Balaban J connectivity index is 1.25. The lowest BCUT2D eigenvalue weighted by Gasteiger charge is -2.42. The Bertz CT molecular complexity index is 1110. The highest BCUT2D eigenvalue weighted by Gasteiger charge is 2.39. The molecule has 10 nitrogen and oxygen atoms in total. The van der Waals surface area contributed by atoms with Crippen molar-refractivity contribution in [3.63, 3.8) is 0 Å². The van der Waals surface area contributed by atoms with Gasteiger partial charge in [-0.2, -0.15) is 0 Å². The molecule has 184 valence electrons. The van der Waals surface area contributed by atoms with Gasteiger partial charge in [-0.1, -0.05) is 0 Å². The monoisotopic (exact) mass is 479 g/mol. The number of amides is 3. The first kappa shape index (κ1) is 23.2. The summed E-state index contributed by atoms with van der Waals surface area (Å²) in [4.78, 5) is 47.7. The molecule has 0 bridgehead atoms. The van der Waals surface area contributed by atoms with Crippen LogP contribution in [0.5, 0.6) is 5.75 Å². The van der Waals surface area contributed by atoms with Crippen LogP contribution in [0.4, 0.5) is 5.69 Å². The van der Waals surface area contributed by atoms with Gasteiger partial charge in [0.05, 0.1) is 30.3 Å². The number of carbonyl (C=O) groups is 3. The van der Waals surface area contributed by atoms with Crippen LogP contribution in [0.2, 0.25) is 0 Å². The highest BCUT2D eigenvalue weighted by molar-refractivity contribution is 6.04. The standard InChI is InChI=1S/C25H29N5O5/c1-30-20-6-5-17(11-23(31)28-12-15-2-3-15)35-22(20)14-34-21-7-4-16(10-18(21)25(30)33)29-24(32)19-13-26-8-9-27-19/h4,7-10,13,15,17,20,22H,2-3,5-6,11-12,14H2,1H3,(H,28,31)(H,29,32)/t17-,20-,22-/m0/s1. The minimum absolute atomic E-state index is 0.0120. The number of ether oxygens (including phenoxy) is 2. The summed E-state index contributed by atoms with van der Waals surface area (Å²) in [5, 5.41) is 5.74. The lowest BCUT2D eigenvalue weighted by atomic mass is 9.94. The molecule has 3 amide bonds. The second kappa shape index (κ2) is 9.99. The molecule has 0 unspecified atom stereocenters. The number of fused-ring (bicyclic) bond motifs is 2. The second-order valence-corrected chi connectivity index (χ2v) is 9.38. The van der Waals surface area contributed by atoms with Crippen LogP contribution in [0.25, 0.3) is 0 Å². The van der Waals surface area contributed by atoms with Crippen molar-refractivity contribution >= 4 is 23.4 Å². The van der Waals surface area contributed by atoms with Gasteiger partial charge in [0.1, 0.15) is 24.2 Å². The minimum Gasteiger partial charge on any atom is -0.490 e. The van der Waals surface area contributed by atoms with E-state index in [4.69, 9.17) is 9.47 Å². The maximum Gasteiger partial charge on any atom is 0.275 e. The lowest BCUT2D eigenvalue weighted by molar-refractivity contribution is -0.134. The van der Waals surface area contributed by atoms with Crippen LogP contribution in [-0.2, 0) is 9.53 Å². The van der Waals surface area contributed by atoms with Gasteiger partial charge in [-0.15, -0.1) is 0 Å². The highest BCUT2D eigenvalue weighted by atomic mass is 16.5. The Morgan fingerprint density at radius 3 is 2.80 bits per heavy atom. The Kier molecular flexibility index (Phi) is 6.63. The molecule has 1 aromatic heterocycles. The van der Waals surface area contributed by atoms with Gasteiger partial charge in [-0.05, 0) is 49.8 Å². The number of likely N-dealkylation sites (N-methyl/N-ethyl adjacent to an activating group) is 1. The Morgan fingerprint density at radius 2 is 2.03 bits per heavy atom. The van der Waals surface area contributed by atoms with E-state index in [1.54, 1.807) is 30.1 Å². The van der Waals surface area contributed by atoms with Crippen LogP contribution in [0.15, 0.2) is 36.8 Å². The average Bonchev–Trinajstić information content (AvgIpc) is 3.70. The fourth-order valence-electron chi connectivity index (χ4n) is 4.58. The fourth-order valence-corrected chi connectivity index (χ4v) is 4.58. The fraction of sp³-hybridized carbons (Fsp3) is 0.480. The molecule has 2 fully saturated rings. The number of nitrogens with zero attached hydrogens (tertiary/aromatic N) is 3. The van der Waals surface area contributed by atoms with E-state index in [-0.39, 0.29) is 42.4 Å². The lowest BCUT2D eigenvalue weighted by Crippen LogP contribution is -2.54. The zero-order valence-corrected chi connectivity index (χ0v) is 19.6. The molecule has 5 rings (SSSR count). The first-order valence-electron chi connectivity index (χ1n) is 12.0. The molecule has 35 heavy (non-hydrogen) atoms. The van der Waals surface area contributed by atoms with Crippen LogP contribution in [0, 0.1) is 5.92 Å². The molecule has 1 aromatic carbocycles. The van der Waals surface area contributed by atoms with Crippen molar-refractivity contribution in [1.82, 2.24) is 20.2 Å². The maximum atomic E-state index is 13.4. The summed E-state index contributed by atoms with van der Waals surface area (Å²) in [5.41, 5.74) is 1.00. The van der Waals surface area contributed by atoms with Crippen LogP contribution >= 0.6 is 0 Å². The van der Waals surface area contributed by atoms with E-state index in [0.717, 1.165) is 13.0 Å². The SMILES string of the molecule is CN1C(=O)c2cc(NC(=O)c3cnccn3)ccc2OC[C@@H]2O[C@H](CC(=O)NCC3CC3)CC[C@@H]21. The number of aromatic nitrogens is 2. The molecule has 3 atom stereocenters. The summed E-state index contributed by atoms with van der Waals surface area (Å²) in [6, 6.07) is 4.78. The molecule has 10 heteroatoms. The number of nitrogens with one attached hydrogen (secondary N) is 2. The maximum absolute atomic E-state index is 13.4. The molecule has 2 aliphatic heterocycles. The smallest absolute Gasteiger partial charge is 0.275 e. The van der Waals surface area contributed by atoms with Crippen molar-refractivity contribution in [3.05, 3.63) is 48.0 Å². The van der Waals surface area contributed by atoms with Crippen molar-refractivity contribution in [1.29, 1.82) is 0 Å². The molecule has 1 saturated carbocycles. The predicted molar refractivity (Wildman–Crippen MR) is 126 cm³/mol. The van der Waals surface area contributed by atoms with Gasteiger partial charge in [0.25, 0.3) is 11.8 Å². The molecular formula is C25H29N5O5. The predicted octanol–water partition coefficient (Wildman–Crippen LogP) is 2.03. The van der Waals surface area contributed by atoms with Gasteiger partial charge in [-0.3, -0.25) is 19.4 Å². The number of carbonyl (C=O) groups excluding carboxylic acids is 3. The molecule has 1 saturated heterocycles. The van der Waals surface area contributed by atoms with Crippen molar-refractivity contribution in [2.75, 3.05) is 25.5 Å². The van der Waals surface area contributed by atoms with Crippen molar-refractivity contribution in [2.45, 2.75) is 50.4 Å². The highest BCUT2D eigenvalue weighted by Crippen LogP contribution is 2.33. The van der Waals surface area contributed by atoms with E-state index in [9.17, 15) is 14.4 Å². The molecule has 0 radical (unpaired) electrons. The number of benzene rings is 1. The zero-order valence-electron chi connectivity index (χ0n) is 19.6. The summed E-state index contributed by atoms with van der Waals surface area (Å²) in [7, 11) is 1.76. The second-order valence-electron chi connectivity index (χ2n) is 9.38. The van der Waals surface area contributed by atoms with Gasteiger partial charge < -0.3 is 25.0 Å². The number of rotatable bonds is 6. The molecule has 3 aliphatic rings. The summed E-state index contributed by atoms with van der Waals surface area (Å²) < 4.78 is 12.2. The molecule has 0 spiro atoms. The topological polar surface area (TPSA) is 123 Å². The van der Waals surface area contributed by atoms with Crippen LogP contribution in [0.1, 0.15) is 53.0 Å². The minimum atomic E-state index is -0.418. The summed E-state index contributed by atoms with van der Waals surface area (Å²) in [5.74, 6) is 0.437. The van der Waals surface area contributed by atoms with Crippen molar-refractivity contribution < 1.29 is 23.9 Å². The first-order valence-corrected chi connectivity index (χ1v) is 12.0. The summed E-state index contributed by atoms with van der Waals surface area (Å²) in [6.45, 7) is 1.01. The van der Waals surface area contributed by atoms with Gasteiger partial charge in [0, 0.05) is 31.7 Å². The van der Waals surface area contributed by atoms with Crippen LogP contribution in [-0.4, -0.2) is 71.0 Å². The quantitative estimate of drug-likeness (QED) is 0.650. The van der Waals surface area contributed by atoms with E-state index >= 15 is 0 Å². The van der Waals surface area contributed by atoms with Gasteiger partial charge in [0.15, 0.2) is 0 Å². The van der Waals surface area contributed by atoms with Gasteiger partial charge in [0.2, 0.25) is 5.91 Å². The molecule has 2 aromatic rings. The van der Waals surface area contributed by atoms with Gasteiger partial charge in [-0.25, -0.2) is 4.98 Å². The Morgan fingerprint density at radius 1 is 1.17 bits per heavy atom. The summed E-state index contributed by atoms with van der Waals surface area (Å²) >= 11 is 0. The molecular weight excluding hydrogens is 450 g/mol. The molecule has 3 heterocycles. The van der Waals surface area contributed by atoms with Crippen molar-refractivity contribution in [2.24, 2.45) is 5.92 Å². The van der Waals surface area contributed by atoms with E-state index in [2.05, 4.69) is 20.6 Å². The van der Waals surface area contributed by atoms with E-state index < -0.39 is 5.91 Å². The van der Waals surface area contributed by atoms with Crippen LogP contribution < -0.4 is 15.4 Å². The largest absolute Gasteiger partial charge is 0.490 e. The van der Waals surface area contributed by atoms with Crippen molar-refractivity contribution in [3.8, 4) is 5.75 Å². The average molecular weight is 480 g/mol. The Labute approximate surface area is 203 Å². The third-order valence-corrected chi connectivity index (χ3v) is 6.76. The third kappa shape index (κ3) is 5.43. The normalized spacial score (nSPS) is 23.7. The third-order valence-electron chi connectivity index (χ3n) is 6.76. The Hall–Kier alpha value is -3.53. The van der Waals surface area contributed by atoms with Gasteiger partial charge >= 0.3 is 0 Å².